The second-order valence-electron chi connectivity index (χ2n) is 6.35. The molecule has 0 aliphatic carbocycles. The Bertz CT molecular complexity index is 944. The Labute approximate surface area is 173 Å². The number of rotatable bonds is 7. The molecule has 1 aliphatic rings. The third-order valence-corrected chi connectivity index (χ3v) is 5.52. The van der Waals surface area contributed by atoms with E-state index in [9.17, 15) is 9.59 Å². The summed E-state index contributed by atoms with van der Waals surface area (Å²) in [6.07, 6.45) is 10.4. The third kappa shape index (κ3) is 5.20. The molecule has 2 aromatic heterocycles. The largest absolute Gasteiger partial charge is 0.362 e. The number of anilines is 1. The zero-order chi connectivity index (χ0) is 20.8. The minimum absolute atomic E-state index is 0.0896. The number of hydrogen-bond acceptors (Lipinski definition) is 7. The molecule has 2 aromatic rings. The molecule has 9 heteroatoms. The summed E-state index contributed by atoms with van der Waals surface area (Å²) in [4.78, 5) is 37.9. The Balaban J connectivity index is 1.67. The van der Waals surface area contributed by atoms with E-state index in [0.717, 1.165) is 23.6 Å². The van der Waals surface area contributed by atoms with Crippen LogP contribution < -0.4 is 16.0 Å². The number of pyridine rings is 1. The minimum Gasteiger partial charge on any atom is -0.362 e. The van der Waals surface area contributed by atoms with Crippen LogP contribution in [0.1, 0.15) is 31.7 Å². The fourth-order valence-corrected chi connectivity index (χ4v) is 3.52. The topological polar surface area (TPSA) is 109 Å². The van der Waals surface area contributed by atoms with E-state index in [0.29, 0.717) is 11.5 Å². The van der Waals surface area contributed by atoms with Gasteiger partial charge in [-0.1, -0.05) is 25.3 Å². The Morgan fingerprint density at radius 3 is 2.79 bits per heavy atom. The zero-order valence-electron chi connectivity index (χ0n) is 16.2. The smallest absolute Gasteiger partial charge is 0.248 e. The van der Waals surface area contributed by atoms with E-state index in [-0.39, 0.29) is 23.2 Å². The van der Waals surface area contributed by atoms with E-state index < -0.39 is 0 Å². The highest BCUT2D eigenvalue weighted by atomic mass is 32.2. The number of carbonyl (C=O) groups excluding carboxylic acids is 2. The maximum Gasteiger partial charge on any atom is 0.248 e. The number of carbonyl (C=O) groups is 2. The minimum atomic E-state index is -0.380. The lowest BCUT2D eigenvalue weighted by molar-refractivity contribution is -0.122. The van der Waals surface area contributed by atoms with Crippen molar-refractivity contribution in [2.75, 3.05) is 5.32 Å². The maximum absolute atomic E-state index is 12.6. The zero-order valence-corrected chi connectivity index (χ0v) is 17.0. The molecule has 150 valence electrons. The van der Waals surface area contributed by atoms with Gasteiger partial charge in [-0.3, -0.25) is 19.6 Å². The molecule has 0 bridgehead atoms. The molecule has 2 unspecified atom stereocenters. The van der Waals surface area contributed by atoms with E-state index in [1.54, 1.807) is 30.4 Å². The molecule has 8 nitrogen and oxygen atoms in total. The van der Waals surface area contributed by atoms with E-state index >= 15 is 0 Å². The Morgan fingerprint density at radius 2 is 2.14 bits per heavy atom. The molecule has 0 fully saturated rings. The fourth-order valence-electron chi connectivity index (χ4n) is 2.60. The van der Waals surface area contributed by atoms with Crippen LogP contribution in [-0.4, -0.2) is 32.3 Å². The van der Waals surface area contributed by atoms with Gasteiger partial charge in [-0.15, -0.1) is 0 Å². The standard InChI is InChI=1S/C20H22N6O2S/c1-4-15-9-24-20(29-15)26-19(28)12(3)13-6-14(8-21-7-13)16-10-23-17(11-22-16)25-18(27)5-2/h5-12,20,24H,2,4H2,1,3H3,(H,26,28)(H,23,25,27). The number of allylic oxidation sites excluding steroid dienone is 1. The average Bonchev–Trinajstić information content (AvgIpc) is 3.21. The average molecular weight is 411 g/mol. The lowest BCUT2D eigenvalue weighted by atomic mass is 10.00. The molecular weight excluding hydrogens is 388 g/mol. The van der Waals surface area contributed by atoms with Crippen LogP contribution in [0, 0.1) is 0 Å². The normalized spacial score (nSPS) is 16.3. The SMILES string of the molecule is C=CC(=O)Nc1cnc(-c2cncc(C(C)C(=O)NC3NC=C(CC)S3)c2)cn1. The molecule has 1 aliphatic heterocycles. The molecule has 0 aromatic carbocycles. The van der Waals surface area contributed by atoms with Gasteiger partial charge in [0.25, 0.3) is 0 Å². The highest BCUT2D eigenvalue weighted by molar-refractivity contribution is 8.03. The van der Waals surface area contributed by atoms with Crippen LogP contribution in [0.15, 0.2) is 54.6 Å². The van der Waals surface area contributed by atoms with Gasteiger partial charge < -0.3 is 16.0 Å². The molecule has 0 spiro atoms. The fraction of sp³-hybridized carbons (Fsp3) is 0.250. The van der Waals surface area contributed by atoms with Crippen molar-refractivity contribution < 1.29 is 9.59 Å². The number of amides is 2. The van der Waals surface area contributed by atoms with Crippen LogP contribution in [0.2, 0.25) is 0 Å². The van der Waals surface area contributed by atoms with Gasteiger partial charge in [0, 0.05) is 29.1 Å². The van der Waals surface area contributed by atoms with Gasteiger partial charge >= 0.3 is 0 Å². The van der Waals surface area contributed by atoms with E-state index in [1.165, 1.54) is 11.1 Å². The van der Waals surface area contributed by atoms with Crippen molar-refractivity contribution in [1.82, 2.24) is 25.6 Å². The highest BCUT2D eigenvalue weighted by Gasteiger charge is 2.22. The highest BCUT2D eigenvalue weighted by Crippen LogP contribution is 2.27. The van der Waals surface area contributed by atoms with Gasteiger partial charge in [0.1, 0.15) is 0 Å². The predicted molar refractivity (Wildman–Crippen MR) is 114 cm³/mol. The quantitative estimate of drug-likeness (QED) is 0.602. The summed E-state index contributed by atoms with van der Waals surface area (Å²) in [6, 6.07) is 1.87. The first-order valence-electron chi connectivity index (χ1n) is 9.13. The summed E-state index contributed by atoms with van der Waals surface area (Å²) in [5, 5.41) is 8.69. The number of aromatic nitrogens is 3. The van der Waals surface area contributed by atoms with E-state index in [1.807, 2.05) is 19.2 Å². The van der Waals surface area contributed by atoms with Crippen molar-refractivity contribution in [3.8, 4) is 11.3 Å². The van der Waals surface area contributed by atoms with Crippen molar-refractivity contribution in [3.63, 3.8) is 0 Å². The van der Waals surface area contributed by atoms with Crippen LogP contribution in [0.5, 0.6) is 0 Å². The van der Waals surface area contributed by atoms with Gasteiger partial charge in [-0.25, -0.2) is 4.98 Å². The van der Waals surface area contributed by atoms with Crippen LogP contribution in [0.25, 0.3) is 11.3 Å². The van der Waals surface area contributed by atoms with Crippen LogP contribution in [-0.2, 0) is 9.59 Å². The lowest BCUT2D eigenvalue weighted by Crippen LogP contribution is -2.40. The summed E-state index contributed by atoms with van der Waals surface area (Å²) in [6.45, 7) is 7.31. The summed E-state index contributed by atoms with van der Waals surface area (Å²) >= 11 is 1.61. The molecule has 3 heterocycles. The van der Waals surface area contributed by atoms with Gasteiger partial charge in [-0.05, 0) is 31.1 Å². The van der Waals surface area contributed by atoms with E-state index in [4.69, 9.17) is 0 Å². The maximum atomic E-state index is 12.6. The molecule has 3 N–H and O–H groups in total. The van der Waals surface area contributed by atoms with Crippen molar-refractivity contribution in [2.24, 2.45) is 0 Å². The predicted octanol–water partition coefficient (Wildman–Crippen LogP) is 2.75. The first kappa shape index (κ1) is 20.5. The summed E-state index contributed by atoms with van der Waals surface area (Å²) in [5.74, 6) is -0.494. The number of thioether (sulfide) groups is 1. The van der Waals surface area contributed by atoms with Gasteiger partial charge in [0.2, 0.25) is 11.8 Å². The molecule has 0 radical (unpaired) electrons. The molecule has 29 heavy (non-hydrogen) atoms. The van der Waals surface area contributed by atoms with Gasteiger partial charge in [-0.2, -0.15) is 0 Å². The van der Waals surface area contributed by atoms with Crippen molar-refractivity contribution >= 4 is 29.4 Å². The molecule has 0 saturated heterocycles. The summed E-state index contributed by atoms with van der Waals surface area (Å²) in [7, 11) is 0. The molecule has 2 atom stereocenters. The van der Waals surface area contributed by atoms with Crippen molar-refractivity contribution in [3.05, 3.63) is 60.2 Å². The number of nitrogens with zero attached hydrogens (tertiary/aromatic N) is 3. The third-order valence-electron chi connectivity index (χ3n) is 4.32. The Hall–Kier alpha value is -3.20. The second kappa shape index (κ2) is 9.33. The molecule has 3 rings (SSSR count). The van der Waals surface area contributed by atoms with E-state index in [2.05, 4.69) is 44.4 Å². The van der Waals surface area contributed by atoms with Crippen LogP contribution >= 0.6 is 11.8 Å². The molecular formula is C20H22N6O2S. The second-order valence-corrected chi connectivity index (χ2v) is 7.58. The first-order valence-corrected chi connectivity index (χ1v) is 10.0. The van der Waals surface area contributed by atoms with Crippen molar-refractivity contribution in [1.29, 1.82) is 0 Å². The summed E-state index contributed by atoms with van der Waals surface area (Å²) in [5.41, 5.74) is 1.95. The number of nitrogens with one attached hydrogen (secondary N) is 3. The number of hydrogen-bond donors (Lipinski definition) is 3. The summed E-state index contributed by atoms with van der Waals surface area (Å²) < 4.78 is 0. The lowest BCUT2D eigenvalue weighted by Gasteiger charge is -2.17. The first-order chi connectivity index (χ1) is 14.0. The molecule has 0 saturated carbocycles. The van der Waals surface area contributed by atoms with Crippen LogP contribution in [0.4, 0.5) is 5.82 Å². The van der Waals surface area contributed by atoms with Gasteiger partial charge in [0.15, 0.2) is 11.3 Å². The molecule has 2 amide bonds. The van der Waals surface area contributed by atoms with Crippen LogP contribution in [0.3, 0.4) is 0 Å². The Kier molecular flexibility index (Phi) is 6.61. The Morgan fingerprint density at radius 1 is 1.31 bits per heavy atom. The van der Waals surface area contributed by atoms with Crippen molar-refractivity contribution in [2.45, 2.75) is 31.7 Å². The monoisotopic (exact) mass is 410 g/mol. The van der Waals surface area contributed by atoms with Gasteiger partial charge in [0.05, 0.1) is 24.0 Å².